The Labute approximate surface area is 148 Å². The van der Waals surface area contributed by atoms with Gasteiger partial charge in [-0.3, -0.25) is 9.69 Å². The number of carbonyl (C=O) groups is 1. The van der Waals surface area contributed by atoms with E-state index in [4.69, 9.17) is 14.0 Å². The molecule has 7 nitrogen and oxygen atoms in total. The number of morpholine rings is 1. The van der Waals surface area contributed by atoms with Gasteiger partial charge in [-0.05, 0) is 39.2 Å². The first kappa shape index (κ1) is 17.0. The van der Waals surface area contributed by atoms with Crippen LogP contribution in [0.3, 0.4) is 0 Å². The number of amides is 1. The van der Waals surface area contributed by atoms with Gasteiger partial charge in [0.05, 0.1) is 25.0 Å². The van der Waals surface area contributed by atoms with Gasteiger partial charge in [0.15, 0.2) is 0 Å². The smallest absolute Gasteiger partial charge is 0.251 e. The minimum absolute atomic E-state index is 0.148. The second-order valence-electron chi connectivity index (χ2n) is 7.42. The Kier molecular flexibility index (Phi) is 4.80. The van der Waals surface area contributed by atoms with E-state index in [-0.39, 0.29) is 18.1 Å². The molecular formula is C18H27N3O4. The number of likely N-dealkylation sites (tertiary alicyclic amines) is 1. The van der Waals surface area contributed by atoms with Crippen LogP contribution in [0.4, 0.5) is 0 Å². The molecule has 0 N–H and O–H groups in total. The monoisotopic (exact) mass is 349 g/mol. The van der Waals surface area contributed by atoms with E-state index in [0.29, 0.717) is 32.2 Å². The van der Waals surface area contributed by atoms with Crippen LogP contribution in [0, 0.1) is 19.8 Å². The zero-order valence-corrected chi connectivity index (χ0v) is 15.1. The van der Waals surface area contributed by atoms with Gasteiger partial charge in [-0.25, -0.2) is 0 Å². The van der Waals surface area contributed by atoms with Crippen LogP contribution in [-0.4, -0.2) is 72.5 Å². The summed E-state index contributed by atoms with van der Waals surface area (Å²) in [6.45, 7) is 9.35. The molecule has 0 radical (unpaired) electrons. The minimum Gasteiger partial charge on any atom is -0.378 e. The van der Waals surface area contributed by atoms with Gasteiger partial charge in [-0.1, -0.05) is 5.16 Å². The van der Waals surface area contributed by atoms with Crippen molar-refractivity contribution >= 4 is 5.91 Å². The molecule has 3 atom stereocenters. The van der Waals surface area contributed by atoms with Gasteiger partial charge in [0, 0.05) is 31.7 Å². The standard InChI is InChI=1S/C18H27N3O4/c1-12-15(13(2)25-19-12)10-20-4-3-14-9-16(24-17(14)11-20)18(22)21-5-7-23-8-6-21/h14,16-17H,3-11H2,1-2H3/t14-,16-,17+/m0/s1. The number of aromatic nitrogens is 1. The normalized spacial score (nSPS) is 30.5. The molecule has 1 aromatic heterocycles. The third-order valence-electron chi connectivity index (χ3n) is 5.80. The first-order chi connectivity index (χ1) is 12.1. The summed E-state index contributed by atoms with van der Waals surface area (Å²) >= 11 is 0. The van der Waals surface area contributed by atoms with E-state index >= 15 is 0 Å². The Balaban J connectivity index is 1.35. The predicted molar refractivity (Wildman–Crippen MR) is 90.0 cm³/mol. The molecule has 4 heterocycles. The van der Waals surface area contributed by atoms with E-state index in [1.165, 1.54) is 5.56 Å². The van der Waals surface area contributed by atoms with Gasteiger partial charge in [-0.15, -0.1) is 0 Å². The van der Waals surface area contributed by atoms with Crippen molar-refractivity contribution in [2.24, 2.45) is 5.92 Å². The van der Waals surface area contributed by atoms with Gasteiger partial charge in [0.1, 0.15) is 11.9 Å². The molecule has 3 aliphatic rings. The zero-order chi connectivity index (χ0) is 17.4. The molecule has 0 unspecified atom stereocenters. The number of aryl methyl sites for hydroxylation is 2. The second kappa shape index (κ2) is 7.05. The number of rotatable bonds is 3. The largest absolute Gasteiger partial charge is 0.378 e. The lowest BCUT2D eigenvalue weighted by atomic mass is 9.91. The van der Waals surface area contributed by atoms with E-state index in [9.17, 15) is 4.79 Å². The van der Waals surface area contributed by atoms with E-state index < -0.39 is 0 Å². The molecular weight excluding hydrogens is 322 g/mol. The van der Waals surface area contributed by atoms with Gasteiger partial charge >= 0.3 is 0 Å². The van der Waals surface area contributed by atoms with E-state index in [1.807, 2.05) is 18.7 Å². The molecule has 3 aliphatic heterocycles. The summed E-state index contributed by atoms with van der Waals surface area (Å²) < 4.78 is 16.8. The number of hydrogen-bond donors (Lipinski definition) is 0. The lowest BCUT2D eigenvalue weighted by Gasteiger charge is -2.34. The van der Waals surface area contributed by atoms with Crippen molar-refractivity contribution in [2.75, 3.05) is 39.4 Å². The predicted octanol–water partition coefficient (Wildman–Crippen LogP) is 1.13. The van der Waals surface area contributed by atoms with Crippen molar-refractivity contribution in [3.05, 3.63) is 17.0 Å². The minimum atomic E-state index is -0.271. The van der Waals surface area contributed by atoms with Crippen molar-refractivity contribution in [3.8, 4) is 0 Å². The molecule has 1 aromatic rings. The zero-order valence-electron chi connectivity index (χ0n) is 15.1. The first-order valence-electron chi connectivity index (χ1n) is 9.28. The second-order valence-corrected chi connectivity index (χ2v) is 7.42. The van der Waals surface area contributed by atoms with Crippen LogP contribution in [-0.2, 0) is 20.8 Å². The summed E-state index contributed by atoms with van der Waals surface area (Å²) in [4.78, 5) is 17.0. The lowest BCUT2D eigenvalue weighted by molar-refractivity contribution is -0.147. The van der Waals surface area contributed by atoms with Crippen LogP contribution < -0.4 is 0 Å². The highest BCUT2D eigenvalue weighted by molar-refractivity contribution is 5.81. The van der Waals surface area contributed by atoms with Crippen molar-refractivity contribution in [2.45, 2.75) is 45.4 Å². The molecule has 7 heteroatoms. The van der Waals surface area contributed by atoms with E-state index in [0.717, 1.165) is 43.9 Å². The van der Waals surface area contributed by atoms with Crippen molar-refractivity contribution in [1.29, 1.82) is 0 Å². The molecule has 138 valence electrons. The quantitative estimate of drug-likeness (QED) is 0.815. The van der Waals surface area contributed by atoms with Crippen molar-refractivity contribution in [1.82, 2.24) is 15.0 Å². The molecule has 4 rings (SSSR count). The highest BCUT2D eigenvalue weighted by Gasteiger charge is 2.43. The fourth-order valence-corrected chi connectivity index (χ4v) is 4.24. The van der Waals surface area contributed by atoms with Gasteiger partial charge < -0.3 is 18.9 Å². The Hall–Kier alpha value is -1.44. The number of ether oxygens (including phenoxy) is 2. The van der Waals surface area contributed by atoms with Gasteiger partial charge in [0.25, 0.3) is 5.91 Å². The first-order valence-corrected chi connectivity index (χ1v) is 9.28. The molecule has 0 spiro atoms. The van der Waals surface area contributed by atoms with E-state index in [1.54, 1.807) is 0 Å². The molecule has 0 aromatic carbocycles. The average Bonchev–Trinajstić information content (AvgIpc) is 3.20. The van der Waals surface area contributed by atoms with Crippen molar-refractivity contribution < 1.29 is 18.8 Å². The molecule has 0 aliphatic carbocycles. The lowest BCUT2D eigenvalue weighted by Crippen LogP contribution is -2.46. The number of hydrogen-bond acceptors (Lipinski definition) is 6. The van der Waals surface area contributed by atoms with Gasteiger partial charge in [-0.2, -0.15) is 0 Å². The molecule has 0 saturated carbocycles. The Morgan fingerprint density at radius 1 is 1.24 bits per heavy atom. The number of carbonyl (C=O) groups excluding carboxylic acids is 1. The summed E-state index contributed by atoms with van der Waals surface area (Å²) in [7, 11) is 0. The van der Waals surface area contributed by atoms with Crippen LogP contribution in [0.15, 0.2) is 4.52 Å². The summed E-state index contributed by atoms with van der Waals surface area (Å²) in [6, 6.07) is 0. The summed E-state index contributed by atoms with van der Waals surface area (Å²) in [6.07, 6.45) is 1.83. The third kappa shape index (κ3) is 3.45. The van der Waals surface area contributed by atoms with Gasteiger partial charge in [0.2, 0.25) is 0 Å². The molecule has 1 amide bonds. The highest BCUT2D eigenvalue weighted by atomic mass is 16.5. The molecule has 3 saturated heterocycles. The highest BCUT2D eigenvalue weighted by Crippen LogP contribution is 2.34. The van der Waals surface area contributed by atoms with Crippen LogP contribution in [0.5, 0.6) is 0 Å². The number of piperidine rings is 1. The number of nitrogens with zero attached hydrogens (tertiary/aromatic N) is 3. The summed E-state index contributed by atoms with van der Waals surface area (Å²) in [5.74, 6) is 1.54. The van der Waals surface area contributed by atoms with Crippen LogP contribution in [0.2, 0.25) is 0 Å². The fourth-order valence-electron chi connectivity index (χ4n) is 4.24. The summed E-state index contributed by atoms with van der Waals surface area (Å²) in [5.41, 5.74) is 2.14. The maximum Gasteiger partial charge on any atom is 0.251 e. The topological polar surface area (TPSA) is 68.0 Å². The Morgan fingerprint density at radius 2 is 2.04 bits per heavy atom. The SMILES string of the molecule is Cc1noc(C)c1CN1CC[C@H]2C[C@@H](C(=O)N3CCOCC3)O[C@@H]2C1. The van der Waals surface area contributed by atoms with Crippen LogP contribution in [0.25, 0.3) is 0 Å². The van der Waals surface area contributed by atoms with Crippen molar-refractivity contribution in [3.63, 3.8) is 0 Å². The molecule has 25 heavy (non-hydrogen) atoms. The average molecular weight is 349 g/mol. The maximum atomic E-state index is 12.7. The Bertz CT molecular complexity index is 606. The third-order valence-corrected chi connectivity index (χ3v) is 5.80. The van der Waals surface area contributed by atoms with Crippen LogP contribution >= 0.6 is 0 Å². The maximum absolute atomic E-state index is 12.7. The Morgan fingerprint density at radius 3 is 2.76 bits per heavy atom. The molecule has 3 fully saturated rings. The molecule has 0 bridgehead atoms. The van der Waals surface area contributed by atoms with Crippen LogP contribution in [0.1, 0.15) is 29.9 Å². The fraction of sp³-hybridized carbons (Fsp3) is 0.778. The number of fused-ring (bicyclic) bond motifs is 1. The summed E-state index contributed by atoms with van der Waals surface area (Å²) in [5, 5.41) is 4.04. The van der Waals surface area contributed by atoms with E-state index in [2.05, 4.69) is 10.1 Å².